The fraction of sp³-hybridized carbons (Fsp3) is 0. The lowest BCUT2D eigenvalue weighted by atomic mass is 9.82. The molecule has 0 saturated heterocycles. The summed E-state index contributed by atoms with van der Waals surface area (Å²) < 4.78 is 1.08. The van der Waals surface area contributed by atoms with Crippen LogP contribution in [0.2, 0.25) is 0 Å². The van der Waals surface area contributed by atoms with E-state index in [9.17, 15) is 10.0 Å². The van der Waals surface area contributed by atoms with Crippen LogP contribution in [0.4, 0.5) is 0 Å². The molecule has 0 atom stereocenters. The van der Waals surface area contributed by atoms with E-state index in [-0.39, 0.29) is 5.59 Å². The predicted molar refractivity (Wildman–Crippen MR) is 90.2 cm³/mol. The molecule has 0 bridgehead atoms. The summed E-state index contributed by atoms with van der Waals surface area (Å²) in [7, 11) is -1.66. The monoisotopic (exact) mass is 306 g/mol. The van der Waals surface area contributed by atoms with Crippen LogP contribution in [-0.4, -0.2) is 27.1 Å². The first-order valence-corrected chi connectivity index (χ1v) is 7.66. The highest BCUT2D eigenvalue weighted by atomic mass is 32.1. The van der Waals surface area contributed by atoms with Gasteiger partial charge in [-0.15, -0.1) is 11.3 Å². The van der Waals surface area contributed by atoms with E-state index in [1.807, 2.05) is 54.6 Å². The Morgan fingerprint density at radius 1 is 0.864 bits per heavy atom. The summed E-state index contributed by atoms with van der Waals surface area (Å²) in [4.78, 5) is 9.84. The summed E-state index contributed by atoms with van der Waals surface area (Å²) in [6, 6.07) is 17.4. The van der Waals surface area contributed by atoms with E-state index in [0.717, 1.165) is 21.2 Å². The maximum Gasteiger partial charge on any atom is 0.510 e. The number of hydrogen-bond donors (Lipinski definition) is 2. The second-order valence-corrected chi connectivity index (χ2v) is 5.98. The smallest absolute Gasteiger partial charge is 0.422 e. The molecule has 2 aromatic carbocycles. The molecule has 2 heterocycles. The van der Waals surface area contributed by atoms with Crippen molar-refractivity contribution in [3.63, 3.8) is 0 Å². The van der Waals surface area contributed by atoms with Crippen LogP contribution < -0.4 is 5.59 Å². The number of hydrogen-bond acceptors (Lipinski definition) is 5. The molecule has 22 heavy (non-hydrogen) atoms. The fourth-order valence-corrected chi connectivity index (χ4v) is 3.55. The summed E-state index contributed by atoms with van der Waals surface area (Å²) in [6.07, 6.45) is 0. The summed E-state index contributed by atoms with van der Waals surface area (Å²) >= 11 is 1.50. The fourth-order valence-electron chi connectivity index (χ4n) is 2.52. The molecule has 4 aromatic rings. The Kier molecular flexibility index (Phi) is 3.15. The molecule has 4 nitrogen and oxygen atoms in total. The second kappa shape index (κ2) is 5.17. The molecule has 0 aliphatic heterocycles. The minimum absolute atomic E-state index is 0.185. The van der Waals surface area contributed by atoms with Crippen molar-refractivity contribution >= 4 is 44.5 Å². The van der Waals surface area contributed by atoms with E-state index in [4.69, 9.17) is 0 Å². The quantitative estimate of drug-likeness (QED) is 0.557. The lowest BCUT2D eigenvalue weighted by molar-refractivity contribution is 0.424. The van der Waals surface area contributed by atoms with Gasteiger partial charge in [0.25, 0.3) is 0 Å². The van der Waals surface area contributed by atoms with Crippen LogP contribution in [-0.2, 0) is 0 Å². The number of benzene rings is 2. The third kappa shape index (κ3) is 2.09. The molecule has 4 rings (SSSR count). The molecule has 6 heteroatoms. The van der Waals surface area contributed by atoms with Gasteiger partial charge in [-0.05, 0) is 6.07 Å². The molecule has 0 aliphatic carbocycles. The zero-order valence-electron chi connectivity index (χ0n) is 11.5. The molecular formula is C16H11BN2O2S. The minimum atomic E-state index is -1.66. The van der Waals surface area contributed by atoms with Gasteiger partial charge < -0.3 is 10.0 Å². The summed E-state index contributed by atoms with van der Waals surface area (Å²) in [5.41, 5.74) is 2.30. The average molecular weight is 306 g/mol. The van der Waals surface area contributed by atoms with Crippen LogP contribution in [0, 0.1) is 0 Å². The number of thiophene rings is 1. The van der Waals surface area contributed by atoms with E-state index in [0.29, 0.717) is 10.5 Å². The molecule has 0 fully saturated rings. The molecule has 0 radical (unpaired) electrons. The maximum atomic E-state index is 9.66. The maximum absolute atomic E-state index is 9.66. The highest BCUT2D eigenvalue weighted by Gasteiger charge is 2.23. The van der Waals surface area contributed by atoms with Gasteiger partial charge in [-0.3, -0.25) is 0 Å². The highest BCUT2D eigenvalue weighted by molar-refractivity contribution is 7.25. The lowest BCUT2D eigenvalue weighted by Gasteiger charge is -2.07. The zero-order valence-corrected chi connectivity index (χ0v) is 12.3. The lowest BCUT2D eigenvalue weighted by Crippen LogP contribution is -2.35. The normalized spacial score (nSPS) is 11.2. The van der Waals surface area contributed by atoms with Crippen molar-refractivity contribution in [2.75, 3.05) is 0 Å². The van der Waals surface area contributed by atoms with Gasteiger partial charge in [-0.25, -0.2) is 9.97 Å². The van der Waals surface area contributed by atoms with E-state index in [1.54, 1.807) is 0 Å². The standard InChI is InChI=1S/C16H11BN2O2S/c20-17(21)15-13(10-6-2-1-3-7-10)18-14-11-8-4-5-9-12(11)22-16(14)19-15/h1-9,20-21H. The Balaban J connectivity index is 2.09. The number of fused-ring (bicyclic) bond motifs is 3. The van der Waals surface area contributed by atoms with Crippen molar-refractivity contribution in [2.45, 2.75) is 0 Å². The van der Waals surface area contributed by atoms with Gasteiger partial charge in [0.15, 0.2) is 0 Å². The molecule has 0 saturated carbocycles. The van der Waals surface area contributed by atoms with Gasteiger partial charge in [-0.2, -0.15) is 0 Å². The second-order valence-electron chi connectivity index (χ2n) is 4.95. The van der Waals surface area contributed by atoms with Crippen molar-refractivity contribution in [2.24, 2.45) is 0 Å². The summed E-state index contributed by atoms with van der Waals surface area (Å²) in [6.45, 7) is 0. The molecule has 106 valence electrons. The minimum Gasteiger partial charge on any atom is -0.422 e. The van der Waals surface area contributed by atoms with Crippen LogP contribution in [0.15, 0.2) is 54.6 Å². The summed E-state index contributed by atoms with van der Waals surface area (Å²) in [5.74, 6) is 0. The van der Waals surface area contributed by atoms with Gasteiger partial charge in [-0.1, -0.05) is 48.5 Å². The largest absolute Gasteiger partial charge is 0.510 e. The van der Waals surface area contributed by atoms with E-state index in [2.05, 4.69) is 9.97 Å². The number of nitrogens with zero attached hydrogens (tertiary/aromatic N) is 2. The first kappa shape index (κ1) is 13.4. The molecule has 0 spiro atoms. The third-order valence-electron chi connectivity index (χ3n) is 3.53. The Morgan fingerprint density at radius 3 is 2.36 bits per heavy atom. The zero-order chi connectivity index (χ0) is 15.1. The van der Waals surface area contributed by atoms with Crippen molar-refractivity contribution in [3.8, 4) is 11.3 Å². The van der Waals surface area contributed by atoms with Crippen LogP contribution >= 0.6 is 11.3 Å². The molecule has 2 N–H and O–H groups in total. The number of rotatable bonds is 2. The van der Waals surface area contributed by atoms with Gasteiger partial charge in [0.1, 0.15) is 10.3 Å². The Labute approximate surface area is 130 Å². The van der Waals surface area contributed by atoms with Crippen LogP contribution in [0.25, 0.3) is 31.7 Å². The third-order valence-corrected chi connectivity index (χ3v) is 4.59. The first-order chi connectivity index (χ1) is 10.7. The Bertz CT molecular complexity index is 970. The van der Waals surface area contributed by atoms with Crippen molar-refractivity contribution in [1.82, 2.24) is 9.97 Å². The average Bonchev–Trinajstić information content (AvgIpc) is 2.92. The molecule has 0 unspecified atom stereocenters. The Hall–Kier alpha value is -2.28. The molecule has 2 aromatic heterocycles. The van der Waals surface area contributed by atoms with E-state index in [1.165, 1.54) is 11.3 Å². The van der Waals surface area contributed by atoms with Crippen LogP contribution in [0.5, 0.6) is 0 Å². The van der Waals surface area contributed by atoms with Gasteiger partial charge in [0, 0.05) is 15.6 Å². The molecule has 0 amide bonds. The van der Waals surface area contributed by atoms with Gasteiger partial charge in [0.05, 0.1) is 11.3 Å². The molecule has 0 aliphatic rings. The van der Waals surface area contributed by atoms with E-state index >= 15 is 0 Å². The molecular weight excluding hydrogens is 295 g/mol. The predicted octanol–water partition coefficient (Wildman–Crippen LogP) is 2.19. The van der Waals surface area contributed by atoms with E-state index < -0.39 is 7.12 Å². The number of aromatic nitrogens is 2. The van der Waals surface area contributed by atoms with Gasteiger partial charge in [0.2, 0.25) is 0 Å². The Morgan fingerprint density at radius 2 is 1.59 bits per heavy atom. The van der Waals surface area contributed by atoms with Crippen LogP contribution in [0.3, 0.4) is 0 Å². The first-order valence-electron chi connectivity index (χ1n) is 6.85. The van der Waals surface area contributed by atoms with Crippen molar-refractivity contribution in [1.29, 1.82) is 0 Å². The van der Waals surface area contributed by atoms with Gasteiger partial charge >= 0.3 is 7.12 Å². The van der Waals surface area contributed by atoms with Crippen molar-refractivity contribution < 1.29 is 10.0 Å². The topological polar surface area (TPSA) is 66.2 Å². The SMILES string of the molecule is OB(O)c1nc2sc3ccccc3c2nc1-c1ccccc1. The van der Waals surface area contributed by atoms with Crippen molar-refractivity contribution in [3.05, 3.63) is 54.6 Å². The van der Waals surface area contributed by atoms with Crippen LogP contribution in [0.1, 0.15) is 0 Å². The highest BCUT2D eigenvalue weighted by Crippen LogP contribution is 2.31. The summed E-state index contributed by atoms with van der Waals surface area (Å²) in [5, 5.41) is 20.3.